The summed E-state index contributed by atoms with van der Waals surface area (Å²) in [6.45, 7) is 7.14. The van der Waals surface area contributed by atoms with Gasteiger partial charge in [-0.15, -0.1) is 0 Å². The number of amides is 1. The second-order valence-electron chi connectivity index (χ2n) is 6.01. The van der Waals surface area contributed by atoms with Gasteiger partial charge in [-0.25, -0.2) is 4.98 Å². The van der Waals surface area contributed by atoms with Gasteiger partial charge in [0, 0.05) is 33.0 Å². The Kier molecular flexibility index (Phi) is 4.81. The van der Waals surface area contributed by atoms with Gasteiger partial charge in [0.05, 0.1) is 6.04 Å². The normalized spacial score (nSPS) is 19.0. The maximum Gasteiger partial charge on any atom is 0.239 e. The molecule has 5 nitrogen and oxygen atoms in total. The molecule has 1 fully saturated rings. The molecule has 0 bridgehead atoms. The summed E-state index contributed by atoms with van der Waals surface area (Å²) in [7, 11) is 3.65. The topological polar surface area (TPSA) is 41.4 Å². The summed E-state index contributed by atoms with van der Waals surface area (Å²) in [5.74, 6) is 1.98. The van der Waals surface area contributed by atoms with Gasteiger partial charge in [0.1, 0.15) is 5.82 Å². The molecule has 1 aliphatic heterocycles. The van der Waals surface area contributed by atoms with Crippen molar-refractivity contribution in [3.05, 3.63) is 18.2 Å². The van der Waals surface area contributed by atoms with Crippen molar-refractivity contribution in [2.24, 2.45) is 5.92 Å². The van der Waals surface area contributed by atoms with Crippen molar-refractivity contribution in [1.29, 1.82) is 0 Å². The molecule has 0 N–H and O–H groups in total. The first-order valence-electron chi connectivity index (χ1n) is 7.42. The number of hydrogen-bond donors (Lipinski definition) is 0. The van der Waals surface area contributed by atoms with Crippen LogP contribution in [0, 0.1) is 12.8 Å². The highest BCUT2D eigenvalue weighted by molar-refractivity contribution is 5.80. The summed E-state index contributed by atoms with van der Waals surface area (Å²) in [4.78, 5) is 20.3. The largest absolute Gasteiger partial charge is 0.347 e. The van der Waals surface area contributed by atoms with Gasteiger partial charge < -0.3 is 9.47 Å². The molecule has 0 unspecified atom stereocenters. The fraction of sp³-hybridized carbons (Fsp3) is 0.733. The summed E-state index contributed by atoms with van der Waals surface area (Å²) in [5.41, 5.74) is 0. The number of carbonyl (C=O) groups excluding carboxylic acids is 1. The van der Waals surface area contributed by atoms with Crippen LogP contribution in [0.2, 0.25) is 0 Å². The van der Waals surface area contributed by atoms with Crippen molar-refractivity contribution in [1.82, 2.24) is 19.4 Å². The molecule has 5 heteroatoms. The lowest BCUT2D eigenvalue weighted by molar-refractivity contribution is -0.134. The zero-order valence-electron chi connectivity index (χ0n) is 13.0. The Morgan fingerprint density at radius 2 is 2.10 bits per heavy atom. The molecule has 1 amide bonds. The Morgan fingerprint density at radius 1 is 1.45 bits per heavy atom. The lowest BCUT2D eigenvalue weighted by atomic mass is 9.95. The van der Waals surface area contributed by atoms with Gasteiger partial charge in [-0.2, -0.15) is 0 Å². The highest BCUT2D eigenvalue weighted by atomic mass is 16.2. The van der Waals surface area contributed by atoms with E-state index in [4.69, 9.17) is 0 Å². The first kappa shape index (κ1) is 15.0. The third kappa shape index (κ3) is 3.39. The Morgan fingerprint density at radius 3 is 2.60 bits per heavy atom. The van der Waals surface area contributed by atoms with Gasteiger partial charge in [0.15, 0.2) is 0 Å². The third-order valence-corrected chi connectivity index (χ3v) is 4.37. The summed E-state index contributed by atoms with van der Waals surface area (Å²) in [6.07, 6.45) is 6.23. The van der Waals surface area contributed by atoms with Crippen molar-refractivity contribution in [3.8, 4) is 0 Å². The number of rotatable bonds is 4. The van der Waals surface area contributed by atoms with E-state index in [1.165, 1.54) is 0 Å². The second kappa shape index (κ2) is 6.39. The Bertz CT molecular complexity index is 446. The molecule has 1 aromatic rings. The van der Waals surface area contributed by atoms with Crippen LogP contribution in [0.4, 0.5) is 0 Å². The number of hydrogen-bond acceptors (Lipinski definition) is 3. The molecule has 2 heterocycles. The molecular weight excluding hydrogens is 252 g/mol. The molecule has 0 radical (unpaired) electrons. The fourth-order valence-electron chi connectivity index (χ4n) is 2.93. The highest BCUT2D eigenvalue weighted by Gasteiger charge is 2.27. The molecule has 0 spiro atoms. The number of carbonyl (C=O) groups is 1. The molecule has 20 heavy (non-hydrogen) atoms. The minimum Gasteiger partial charge on any atom is -0.347 e. The maximum atomic E-state index is 12.0. The quantitative estimate of drug-likeness (QED) is 0.835. The summed E-state index contributed by atoms with van der Waals surface area (Å²) >= 11 is 0. The van der Waals surface area contributed by atoms with Crippen LogP contribution in [0.1, 0.15) is 25.6 Å². The number of aryl methyl sites for hydroxylation is 1. The van der Waals surface area contributed by atoms with E-state index in [1.54, 1.807) is 4.90 Å². The van der Waals surface area contributed by atoms with Crippen LogP contribution in [0.5, 0.6) is 0 Å². The number of imidazole rings is 1. The van der Waals surface area contributed by atoms with Crippen molar-refractivity contribution in [3.63, 3.8) is 0 Å². The van der Waals surface area contributed by atoms with Crippen molar-refractivity contribution in [2.45, 2.75) is 39.3 Å². The average Bonchev–Trinajstić information content (AvgIpc) is 2.83. The van der Waals surface area contributed by atoms with E-state index in [0.29, 0.717) is 5.92 Å². The highest BCUT2D eigenvalue weighted by Crippen LogP contribution is 2.21. The molecule has 0 saturated carbocycles. The second-order valence-corrected chi connectivity index (χ2v) is 6.01. The molecule has 1 aliphatic rings. The molecule has 0 aromatic carbocycles. The zero-order valence-corrected chi connectivity index (χ0v) is 13.0. The maximum absolute atomic E-state index is 12.0. The third-order valence-electron chi connectivity index (χ3n) is 4.37. The smallest absolute Gasteiger partial charge is 0.239 e. The van der Waals surface area contributed by atoms with Crippen LogP contribution in [0.15, 0.2) is 12.4 Å². The van der Waals surface area contributed by atoms with Gasteiger partial charge in [-0.3, -0.25) is 9.69 Å². The number of aromatic nitrogens is 2. The molecular formula is C15H26N4O. The summed E-state index contributed by atoms with van der Waals surface area (Å²) in [6, 6.07) is 0.000862. The predicted molar refractivity (Wildman–Crippen MR) is 79.4 cm³/mol. The van der Waals surface area contributed by atoms with E-state index in [0.717, 1.165) is 38.3 Å². The van der Waals surface area contributed by atoms with Crippen molar-refractivity contribution >= 4 is 5.91 Å². The van der Waals surface area contributed by atoms with Gasteiger partial charge >= 0.3 is 0 Å². The fourth-order valence-corrected chi connectivity index (χ4v) is 2.93. The van der Waals surface area contributed by atoms with Gasteiger partial charge in [-0.05, 0) is 45.7 Å². The first-order chi connectivity index (χ1) is 9.49. The van der Waals surface area contributed by atoms with E-state index in [1.807, 2.05) is 34.1 Å². The molecule has 1 atom stereocenters. The first-order valence-corrected chi connectivity index (χ1v) is 7.42. The number of piperidine rings is 1. The molecule has 2 rings (SSSR count). The average molecular weight is 278 g/mol. The standard InChI is InChI=1S/C15H26N4O/c1-12(15(20)17(3)4)18-8-5-14(6-9-18)11-19-10-7-16-13(19)2/h7,10,12,14H,5-6,8-9,11H2,1-4H3/t12-/m1/s1. The van der Waals surface area contributed by atoms with Crippen molar-refractivity contribution in [2.75, 3.05) is 27.2 Å². The SMILES string of the molecule is Cc1nccn1CC1CCN([C@H](C)C(=O)N(C)C)CC1. The van der Waals surface area contributed by atoms with Crippen LogP contribution >= 0.6 is 0 Å². The van der Waals surface area contributed by atoms with E-state index in [-0.39, 0.29) is 11.9 Å². The van der Waals surface area contributed by atoms with Crippen LogP contribution in [0.3, 0.4) is 0 Å². The molecule has 1 aromatic heterocycles. The lowest BCUT2D eigenvalue weighted by Gasteiger charge is -2.36. The van der Waals surface area contributed by atoms with E-state index >= 15 is 0 Å². The molecule has 112 valence electrons. The molecule has 1 saturated heterocycles. The minimum absolute atomic E-state index is 0.000862. The van der Waals surface area contributed by atoms with E-state index in [9.17, 15) is 4.79 Å². The van der Waals surface area contributed by atoms with Crippen LogP contribution < -0.4 is 0 Å². The van der Waals surface area contributed by atoms with Gasteiger partial charge in [0.25, 0.3) is 0 Å². The van der Waals surface area contributed by atoms with Crippen molar-refractivity contribution < 1.29 is 4.79 Å². The number of nitrogens with zero attached hydrogens (tertiary/aromatic N) is 4. The molecule has 0 aliphatic carbocycles. The number of likely N-dealkylation sites (N-methyl/N-ethyl adjacent to an activating group) is 1. The Balaban J connectivity index is 1.83. The van der Waals surface area contributed by atoms with E-state index in [2.05, 4.69) is 20.6 Å². The van der Waals surface area contributed by atoms with Gasteiger partial charge in [0.2, 0.25) is 5.91 Å². The minimum atomic E-state index is 0.000862. The lowest BCUT2D eigenvalue weighted by Crippen LogP contribution is -2.48. The Labute approximate surface area is 121 Å². The van der Waals surface area contributed by atoms with Crippen LogP contribution in [0.25, 0.3) is 0 Å². The zero-order chi connectivity index (χ0) is 14.7. The Hall–Kier alpha value is -1.36. The number of likely N-dealkylation sites (tertiary alicyclic amines) is 1. The van der Waals surface area contributed by atoms with E-state index < -0.39 is 0 Å². The summed E-state index contributed by atoms with van der Waals surface area (Å²) < 4.78 is 2.23. The van der Waals surface area contributed by atoms with Gasteiger partial charge in [-0.1, -0.05) is 0 Å². The van der Waals surface area contributed by atoms with Crippen LogP contribution in [-0.2, 0) is 11.3 Å². The monoisotopic (exact) mass is 278 g/mol. The predicted octanol–water partition coefficient (Wildman–Crippen LogP) is 1.38. The van der Waals surface area contributed by atoms with Crippen LogP contribution in [-0.4, -0.2) is 58.5 Å². The summed E-state index contributed by atoms with van der Waals surface area (Å²) in [5, 5.41) is 0.